The minimum atomic E-state index is -4.61. The molecule has 1 atom stereocenters. The van der Waals surface area contributed by atoms with Gasteiger partial charge in [0, 0.05) is 16.9 Å². The van der Waals surface area contributed by atoms with Crippen LogP contribution < -0.4 is 16.0 Å². The molecule has 0 unspecified atom stereocenters. The second-order valence-corrected chi connectivity index (χ2v) is 7.19. The molecule has 2 aromatic carbocycles. The van der Waals surface area contributed by atoms with Crippen molar-refractivity contribution in [2.24, 2.45) is 4.99 Å². The van der Waals surface area contributed by atoms with Crippen molar-refractivity contribution in [2.45, 2.75) is 19.3 Å². The van der Waals surface area contributed by atoms with Gasteiger partial charge in [0.05, 0.1) is 5.56 Å². The Morgan fingerprint density at radius 1 is 1.22 bits per heavy atom. The molecule has 0 saturated carbocycles. The normalized spacial score (nSPS) is 16.9. The summed E-state index contributed by atoms with van der Waals surface area (Å²) >= 11 is 6.11. The molecule has 4 bridgehead atoms. The number of hydrogen-bond acceptors (Lipinski definition) is 4. The van der Waals surface area contributed by atoms with Gasteiger partial charge in [-0.1, -0.05) is 42.5 Å². The number of anilines is 2. The van der Waals surface area contributed by atoms with E-state index in [0.717, 1.165) is 12.1 Å². The maximum atomic E-state index is 13.4. The van der Waals surface area contributed by atoms with Gasteiger partial charge in [-0.3, -0.25) is 4.79 Å². The standard InChI is InChI=1S/C23H20ClF3N4O/c1-3-5-9-19(24)30-20(4-2)31-21-14-7-6-8-17(11-14)29-22(32)15-10-16(23(25,26)27)13-18(12-15)28-21/h3-13,21,28,31H,1H2,2H3,(H,29,32)/b9-5+,20-4+,30-19+/t21-/m1/s1. The molecule has 0 radical (unpaired) electrons. The number of benzene rings is 2. The number of amides is 1. The Morgan fingerprint density at radius 3 is 2.69 bits per heavy atom. The first-order valence-corrected chi connectivity index (χ1v) is 9.93. The molecular weight excluding hydrogens is 441 g/mol. The Hall–Kier alpha value is -3.52. The van der Waals surface area contributed by atoms with Crippen molar-refractivity contribution >= 4 is 34.1 Å². The average molecular weight is 461 g/mol. The number of hydrogen-bond donors (Lipinski definition) is 3. The number of rotatable bonds is 5. The van der Waals surface area contributed by atoms with Gasteiger partial charge >= 0.3 is 6.18 Å². The number of carbonyl (C=O) groups excluding carboxylic acids is 1. The number of aliphatic imine (C=N–C) groups is 1. The van der Waals surface area contributed by atoms with Crippen LogP contribution in [0.4, 0.5) is 24.5 Å². The maximum Gasteiger partial charge on any atom is 0.416 e. The van der Waals surface area contributed by atoms with Gasteiger partial charge < -0.3 is 16.0 Å². The predicted octanol–water partition coefficient (Wildman–Crippen LogP) is 6.21. The number of allylic oxidation sites excluding steroid dienone is 4. The first-order valence-electron chi connectivity index (χ1n) is 9.56. The largest absolute Gasteiger partial charge is 0.416 e. The van der Waals surface area contributed by atoms with Crippen LogP contribution >= 0.6 is 11.6 Å². The van der Waals surface area contributed by atoms with E-state index >= 15 is 0 Å². The molecule has 0 aliphatic carbocycles. The number of nitrogens with one attached hydrogen (secondary N) is 3. The quantitative estimate of drug-likeness (QED) is 0.367. The van der Waals surface area contributed by atoms with Crippen molar-refractivity contribution in [1.82, 2.24) is 5.32 Å². The Kier molecular flexibility index (Phi) is 7.05. The van der Waals surface area contributed by atoms with Gasteiger partial charge in [-0.2, -0.15) is 13.2 Å². The first kappa shape index (κ1) is 23.1. The lowest BCUT2D eigenvalue weighted by molar-refractivity contribution is -0.137. The van der Waals surface area contributed by atoms with Crippen molar-refractivity contribution in [1.29, 1.82) is 0 Å². The molecule has 0 saturated heterocycles. The molecule has 0 fully saturated rings. The molecule has 0 spiro atoms. The first-order chi connectivity index (χ1) is 15.2. The third-order valence-electron chi connectivity index (χ3n) is 4.47. The summed E-state index contributed by atoms with van der Waals surface area (Å²) in [6.45, 7) is 5.31. The van der Waals surface area contributed by atoms with E-state index in [1.807, 2.05) is 0 Å². The second kappa shape index (κ2) is 9.74. The molecular formula is C23H20ClF3N4O. The van der Waals surface area contributed by atoms with Gasteiger partial charge in [0.25, 0.3) is 5.91 Å². The number of nitrogens with zero attached hydrogens (tertiary/aromatic N) is 1. The summed E-state index contributed by atoms with van der Waals surface area (Å²) in [4.78, 5) is 16.8. The number of halogens is 4. The fourth-order valence-corrected chi connectivity index (χ4v) is 3.17. The molecule has 1 aliphatic rings. The summed E-state index contributed by atoms with van der Waals surface area (Å²) < 4.78 is 40.3. The topological polar surface area (TPSA) is 65.5 Å². The molecule has 1 aliphatic heterocycles. The Labute approximate surface area is 188 Å². The van der Waals surface area contributed by atoms with Gasteiger partial charge in [0.1, 0.15) is 17.2 Å². The zero-order valence-electron chi connectivity index (χ0n) is 17.0. The van der Waals surface area contributed by atoms with E-state index in [0.29, 0.717) is 17.1 Å². The van der Waals surface area contributed by atoms with E-state index < -0.39 is 23.8 Å². The number of fused-ring (bicyclic) bond motifs is 4. The maximum absolute atomic E-state index is 13.4. The van der Waals surface area contributed by atoms with Gasteiger partial charge in [0.15, 0.2) is 0 Å². The summed E-state index contributed by atoms with van der Waals surface area (Å²) in [5.74, 6) is -0.248. The average Bonchev–Trinajstić information content (AvgIpc) is 2.75. The van der Waals surface area contributed by atoms with Crippen molar-refractivity contribution in [3.8, 4) is 0 Å². The Balaban J connectivity index is 2.05. The van der Waals surface area contributed by atoms with Crippen LogP contribution in [0.25, 0.3) is 0 Å². The Bertz CT molecular complexity index is 1120. The molecule has 5 nitrogen and oxygen atoms in total. The number of carbonyl (C=O) groups is 1. The molecule has 3 rings (SSSR count). The molecule has 3 N–H and O–H groups in total. The molecule has 9 heteroatoms. The summed E-state index contributed by atoms with van der Waals surface area (Å²) in [7, 11) is 0. The molecule has 1 amide bonds. The monoisotopic (exact) mass is 460 g/mol. The third kappa shape index (κ3) is 5.79. The van der Waals surface area contributed by atoms with Gasteiger partial charge in [-0.05, 0) is 55.0 Å². The molecule has 0 aromatic heterocycles. The Morgan fingerprint density at radius 2 is 2.00 bits per heavy atom. The fourth-order valence-electron chi connectivity index (χ4n) is 3.00. The lowest BCUT2D eigenvalue weighted by Crippen LogP contribution is -2.28. The van der Waals surface area contributed by atoms with Crippen LogP contribution in [0.15, 0.2) is 84.2 Å². The predicted molar refractivity (Wildman–Crippen MR) is 122 cm³/mol. The lowest BCUT2D eigenvalue weighted by atomic mass is 10.0. The van der Waals surface area contributed by atoms with Crippen molar-refractivity contribution in [3.05, 3.63) is 95.9 Å². The second-order valence-electron chi connectivity index (χ2n) is 6.80. The van der Waals surface area contributed by atoms with Gasteiger partial charge in [0.2, 0.25) is 0 Å². The van der Waals surface area contributed by atoms with Gasteiger partial charge in [-0.25, -0.2) is 4.99 Å². The SMILES string of the molecule is C=C/C=C/C(Cl)=N\C(=C/C)N[C@H]1Nc2cc(cc(C(F)(F)F)c2)C(=O)Nc2cccc1c2. The van der Waals surface area contributed by atoms with E-state index in [1.54, 1.807) is 55.5 Å². The molecule has 166 valence electrons. The zero-order chi connectivity index (χ0) is 23.3. The number of alkyl halides is 3. The summed E-state index contributed by atoms with van der Waals surface area (Å²) in [5, 5.41) is 9.00. The molecule has 1 heterocycles. The highest BCUT2D eigenvalue weighted by molar-refractivity contribution is 6.68. The summed E-state index contributed by atoms with van der Waals surface area (Å²) in [6, 6.07) is 10.0. The highest BCUT2D eigenvalue weighted by Gasteiger charge is 2.32. The van der Waals surface area contributed by atoms with Crippen molar-refractivity contribution in [2.75, 3.05) is 10.6 Å². The van der Waals surface area contributed by atoms with Crippen molar-refractivity contribution in [3.63, 3.8) is 0 Å². The van der Waals surface area contributed by atoms with E-state index in [1.165, 1.54) is 6.07 Å². The van der Waals surface area contributed by atoms with E-state index in [-0.39, 0.29) is 16.4 Å². The van der Waals surface area contributed by atoms with Crippen LogP contribution in [0.1, 0.15) is 34.6 Å². The van der Waals surface area contributed by atoms with E-state index in [4.69, 9.17) is 11.6 Å². The van der Waals surface area contributed by atoms with E-state index in [2.05, 4.69) is 27.5 Å². The summed E-state index contributed by atoms with van der Waals surface area (Å²) in [5.41, 5.74) is 0.176. The highest BCUT2D eigenvalue weighted by Crippen LogP contribution is 2.34. The van der Waals surface area contributed by atoms with Crippen LogP contribution in [0.2, 0.25) is 0 Å². The minimum Gasteiger partial charge on any atom is -0.362 e. The van der Waals surface area contributed by atoms with Crippen LogP contribution in [0, 0.1) is 0 Å². The van der Waals surface area contributed by atoms with Crippen LogP contribution in [-0.4, -0.2) is 11.1 Å². The third-order valence-corrected chi connectivity index (χ3v) is 4.68. The highest BCUT2D eigenvalue weighted by atomic mass is 35.5. The zero-order valence-corrected chi connectivity index (χ0v) is 17.8. The molecule has 2 aromatic rings. The summed E-state index contributed by atoms with van der Waals surface area (Å²) in [6.07, 6.45) is 1.11. The minimum absolute atomic E-state index is 0.115. The van der Waals surface area contributed by atoms with Crippen LogP contribution in [-0.2, 0) is 6.18 Å². The van der Waals surface area contributed by atoms with E-state index in [9.17, 15) is 18.0 Å². The lowest BCUT2D eigenvalue weighted by Gasteiger charge is -2.25. The smallest absolute Gasteiger partial charge is 0.362 e. The van der Waals surface area contributed by atoms with Crippen molar-refractivity contribution < 1.29 is 18.0 Å². The van der Waals surface area contributed by atoms with Crippen LogP contribution in [0.3, 0.4) is 0 Å². The van der Waals surface area contributed by atoms with Gasteiger partial charge in [-0.15, -0.1) is 0 Å². The molecule has 32 heavy (non-hydrogen) atoms. The fraction of sp³-hybridized carbons (Fsp3) is 0.130. The van der Waals surface area contributed by atoms with Crippen LogP contribution in [0.5, 0.6) is 0 Å².